The molecule has 2 saturated heterocycles. The molecule has 2 aliphatic heterocycles. The molecule has 8 nitrogen and oxygen atoms in total. The molecule has 5 rings (SSSR count). The number of amides is 3. The number of carbonyl (C=O) groups is 2. The summed E-state index contributed by atoms with van der Waals surface area (Å²) in [6.07, 6.45) is 7.53. The van der Waals surface area contributed by atoms with E-state index in [1.807, 2.05) is 40.3 Å². The Balaban J connectivity index is 1.23. The molecule has 172 valence electrons. The molecule has 3 aromatic rings. The number of carbonyl (C=O) groups excluding carboxylic acids is 2. The van der Waals surface area contributed by atoms with E-state index in [0.717, 1.165) is 55.7 Å². The van der Waals surface area contributed by atoms with E-state index in [4.69, 9.17) is 4.74 Å². The van der Waals surface area contributed by atoms with Gasteiger partial charge in [0.15, 0.2) is 0 Å². The molecule has 8 heteroatoms. The monoisotopic (exact) mass is 447 g/mol. The molecule has 0 aliphatic carbocycles. The zero-order valence-electron chi connectivity index (χ0n) is 18.9. The van der Waals surface area contributed by atoms with E-state index in [0.29, 0.717) is 24.6 Å². The molecule has 3 amide bonds. The van der Waals surface area contributed by atoms with Crippen LogP contribution < -0.4 is 10.1 Å². The highest BCUT2D eigenvalue weighted by Gasteiger charge is 2.26. The highest BCUT2D eigenvalue weighted by atomic mass is 16.5. The van der Waals surface area contributed by atoms with Gasteiger partial charge >= 0.3 is 6.03 Å². The van der Waals surface area contributed by atoms with Crippen LogP contribution in [0, 0.1) is 0 Å². The van der Waals surface area contributed by atoms with Crippen LogP contribution in [0.25, 0.3) is 5.52 Å². The molecule has 2 aliphatic rings. The lowest BCUT2D eigenvalue weighted by atomic mass is 9.89. The molecular weight excluding hydrogens is 418 g/mol. The Kier molecular flexibility index (Phi) is 5.90. The Morgan fingerprint density at radius 1 is 1.00 bits per heavy atom. The predicted molar refractivity (Wildman–Crippen MR) is 126 cm³/mol. The van der Waals surface area contributed by atoms with E-state index in [2.05, 4.69) is 22.5 Å². The Morgan fingerprint density at radius 3 is 2.42 bits per heavy atom. The number of nitrogens with zero attached hydrogens (tertiary/aromatic N) is 4. The summed E-state index contributed by atoms with van der Waals surface area (Å²) in [7, 11) is 1.62. The topological polar surface area (TPSA) is 79.2 Å². The molecule has 4 heterocycles. The predicted octanol–water partition coefficient (Wildman–Crippen LogP) is 3.99. The molecule has 2 aromatic heterocycles. The van der Waals surface area contributed by atoms with E-state index >= 15 is 0 Å². The van der Waals surface area contributed by atoms with Crippen molar-refractivity contribution in [3.63, 3.8) is 0 Å². The summed E-state index contributed by atoms with van der Waals surface area (Å²) in [5.74, 6) is 1.18. The lowest BCUT2D eigenvalue weighted by Crippen LogP contribution is -2.40. The first-order valence-corrected chi connectivity index (χ1v) is 11.6. The van der Waals surface area contributed by atoms with Crippen molar-refractivity contribution < 1.29 is 14.3 Å². The fourth-order valence-corrected chi connectivity index (χ4v) is 4.80. The third kappa shape index (κ3) is 4.37. The first-order chi connectivity index (χ1) is 16.1. The van der Waals surface area contributed by atoms with Gasteiger partial charge < -0.3 is 19.9 Å². The van der Waals surface area contributed by atoms with Crippen molar-refractivity contribution in [1.82, 2.24) is 19.4 Å². The summed E-state index contributed by atoms with van der Waals surface area (Å²) in [6, 6.07) is 11.4. The third-order valence-electron chi connectivity index (χ3n) is 6.76. The first kappa shape index (κ1) is 21.3. The van der Waals surface area contributed by atoms with Crippen LogP contribution in [-0.2, 0) is 0 Å². The number of methoxy groups -OCH3 is 1. The van der Waals surface area contributed by atoms with E-state index in [1.54, 1.807) is 17.8 Å². The standard InChI is InChI=1S/C25H29N5O3/c1-33-21-6-4-20(5-7-21)27-25(32)29-13-8-18(9-14-29)19-10-15-30-23(16-19)22(17-26-30)24(31)28-11-2-3-12-28/h4-7,10,15-18H,2-3,8-9,11-14H2,1H3,(H,27,32). The fourth-order valence-electron chi connectivity index (χ4n) is 4.80. The van der Waals surface area contributed by atoms with Gasteiger partial charge in [-0.25, -0.2) is 9.31 Å². The van der Waals surface area contributed by atoms with E-state index < -0.39 is 0 Å². The number of hydrogen-bond donors (Lipinski definition) is 1. The molecule has 1 aromatic carbocycles. The summed E-state index contributed by atoms with van der Waals surface area (Å²) in [4.78, 5) is 29.4. The average Bonchev–Trinajstić information content (AvgIpc) is 3.54. The van der Waals surface area contributed by atoms with Gasteiger partial charge in [0.1, 0.15) is 5.75 Å². The summed E-state index contributed by atoms with van der Waals surface area (Å²) < 4.78 is 6.94. The van der Waals surface area contributed by atoms with Gasteiger partial charge in [0.05, 0.1) is 24.4 Å². The molecule has 0 atom stereocenters. The molecule has 2 fully saturated rings. The van der Waals surface area contributed by atoms with E-state index in [1.165, 1.54) is 5.56 Å². The minimum absolute atomic E-state index is 0.0738. The minimum atomic E-state index is -0.0802. The Morgan fingerprint density at radius 2 is 1.73 bits per heavy atom. The van der Waals surface area contributed by atoms with Crippen molar-refractivity contribution in [2.45, 2.75) is 31.6 Å². The van der Waals surface area contributed by atoms with Crippen LogP contribution >= 0.6 is 0 Å². The summed E-state index contributed by atoms with van der Waals surface area (Å²) in [5.41, 5.74) is 3.50. The number of anilines is 1. The van der Waals surface area contributed by atoms with Crippen LogP contribution in [0.2, 0.25) is 0 Å². The van der Waals surface area contributed by atoms with Crippen molar-refractivity contribution in [2.24, 2.45) is 0 Å². The van der Waals surface area contributed by atoms with Gasteiger partial charge in [0, 0.05) is 38.1 Å². The quantitative estimate of drug-likeness (QED) is 0.656. The number of piperidine rings is 1. The molecule has 1 N–H and O–H groups in total. The zero-order valence-corrected chi connectivity index (χ0v) is 18.9. The average molecular weight is 448 g/mol. The summed E-state index contributed by atoms with van der Waals surface area (Å²) in [6.45, 7) is 3.03. The summed E-state index contributed by atoms with van der Waals surface area (Å²) in [5, 5.41) is 7.35. The maximum absolute atomic E-state index is 12.9. The molecule has 0 spiro atoms. The lowest BCUT2D eigenvalue weighted by Gasteiger charge is -2.32. The second-order valence-electron chi connectivity index (χ2n) is 8.77. The molecule has 0 radical (unpaired) electrons. The van der Waals surface area contributed by atoms with E-state index in [-0.39, 0.29) is 11.9 Å². The van der Waals surface area contributed by atoms with Crippen LogP contribution in [0.3, 0.4) is 0 Å². The minimum Gasteiger partial charge on any atom is -0.497 e. The second-order valence-corrected chi connectivity index (χ2v) is 8.77. The van der Waals surface area contributed by atoms with Gasteiger partial charge in [-0.2, -0.15) is 5.10 Å². The smallest absolute Gasteiger partial charge is 0.321 e. The number of pyridine rings is 1. The molecule has 33 heavy (non-hydrogen) atoms. The van der Waals surface area contributed by atoms with Crippen LogP contribution in [0.4, 0.5) is 10.5 Å². The first-order valence-electron chi connectivity index (χ1n) is 11.6. The third-order valence-corrected chi connectivity index (χ3v) is 6.76. The number of benzene rings is 1. The van der Waals surface area contributed by atoms with Gasteiger partial charge in [0.2, 0.25) is 0 Å². The van der Waals surface area contributed by atoms with Crippen molar-refractivity contribution in [3.05, 3.63) is 59.9 Å². The van der Waals surface area contributed by atoms with Gasteiger partial charge in [-0.3, -0.25) is 4.79 Å². The van der Waals surface area contributed by atoms with Crippen molar-refractivity contribution in [2.75, 3.05) is 38.6 Å². The largest absolute Gasteiger partial charge is 0.497 e. The molecule has 0 unspecified atom stereocenters. The van der Waals surface area contributed by atoms with Crippen LogP contribution in [-0.4, -0.2) is 64.6 Å². The number of fused-ring (bicyclic) bond motifs is 1. The SMILES string of the molecule is COc1ccc(NC(=O)N2CCC(c3ccn4ncc(C(=O)N5CCCC5)c4c3)CC2)cc1. The van der Waals surface area contributed by atoms with E-state index in [9.17, 15) is 9.59 Å². The normalized spacial score (nSPS) is 16.9. The van der Waals surface area contributed by atoms with Gasteiger partial charge in [-0.15, -0.1) is 0 Å². The van der Waals surface area contributed by atoms with Gasteiger partial charge in [-0.05, 0) is 73.6 Å². The number of aromatic nitrogens is 2. The van der Waals surface area contributed by atoms with Gasteiger partial charge in [0.25, 0.3) is 5.91 Å². The fraction of sp³-hybridized carbons (Fsp3) is 0.400. The Labute approximate surface area is 193 Å². The number of hydrogen-bond acceptors (Lipinski definition) is 4. The molecular formula is C25H29N5O3. The van der Waals surface area contributed by atoms with Crippen molar-refractivity contribution >= 4 is 23.1 Å². The number of ether oxygens (including phenoxy) is 1. The van der Waals surface area contributed by atoms with Crippen LogP contribution in [0.1, 0.15) is 47.5 Å². The van der Waals surface area contributed by atoms with Crippen LogP contribution in [0.15, 0.2) is 48.8 Å². The highest BCUT2D eigenvalue weighted by molar-refractivity contribution is 6.00. The Hall–Kier alpha value is -3.55. The zero-order chi connectivity index (χ0) is 22.8. The summed E-state index contributed by atoms with van der Waals surface area (Å²) >= 11 is 0. The lowest BCUT2D eigenvalue weighted by molar-refractivity contribution is 0.0794. The highest BCUT2D eigenvalue weighted by Crippen LogP contribution is 2.30. The van der Waals surface area contributed by atoms with Crippen molar-refractivity contribution in [1.29, 1.82) is 0 Å². The van der Waals surface area contributed by atoms with Crippen LogP contribution in [0.5, 0.6) is 5.75 Å². The Bertz CT molecular complexity index is 1140. The van der Waals surface area contributed by atoms with Gasteiger partial charge in [-0.1, -0.05) is 0 Å². The number of urea groups is 1. The van der Waals surface area contributed by atoms with Crippen molar-refractivity contribution in [3.8, 4) is 5.75 Å². The second kappa shape index (κ2) is 9.13. The number of rotatable bonds is 4. The number of nitrogens with one attached hydrogen (secondary N) is 1. The molecule has 0 bridgehead atoms. The molecule has 0 saturated carbocycles. The maximum atomic E-state index is 12.9. The maximum Gasteiger partial charge on any atom is 0.321 e. The number of likely N-dealkylation sites (tertiary alicyclic amines) is 2.